The summed E-state index contributed by atoms with van der Waals surface area (Å²) in [7, 11) is -0.600. The maximum absolute atomic E-state index is 12.4. The van der Waals surface area contributed by atoms with E-state index < -0.39 is 10.0 Å². The van der Waals surface area contributed by atoms with Crippen LogP contribution < -0.4 is 19.1 Å². The van der Waals surface area contributed by atoms with Crippen molar-refractivity contribution in [2.75, 3.05) is 36.6 Å². The molecule has 0 aliphatic heterocycles. The average molecular weight is 392 g/mol. The number of hydrogen-bond donors (Lipinski definition) is 1. The third-order valence-electron chi connectivity index (χ3n) is 3.93. The van der Waals surface area contributed by atoms with Crippen LogP contribution in [0.5, 0.6) is 11.5 Å². The Kier molecular flexibility index (Phi) is 6.68. The lowest BCUT2D eigenvalue weighted by Crippen LogP contribution is -2.33. The number of hydrogen-bond acceptors (Lipinski definition) is 5. The predicted molar refractivity (Wildman–Crippen MR) is 106 cm³/mol. The highest BCUT2D eigenvalue weighted by atomic mass is 32.2. The summed E-state index contributed by atoms with van der Waals surface area (Å²) in [5.74, 6) is 0.643. The SMILES string of the molecule is COc1ccc(C)cc1NC(=O)CCN(c1ccccc1OC)S(C)(=O)=O. The minimum Gasteiger partial charge on any atom is -0.495 e. The largest absolute Gasteiger partial charge is 0.495 e. The minimum absolute atomic E-state index is 0.0147. The van der Waals surface area contributed by atoms with Crippen molar-refractivity contribution in [2.45, 2.75) is 13.3 Å². The normalized spacial score (nSPS) is 11.0. The lowest BCUT2D eigenvalue weighted by molar-refractivity contribution is -0.116. The number of carbonyl (C=O) groups excluding carboxylic acids is 1. The Balaban J connectivity index is 2.16. The Labute approximate surface area is 160 Å². The maximum atomic E-state index is 12.4. The van der Waals surface area contributed by atoms with Gasteiger partial charge in [0.25, 0.3) is 0 Å². The van der Waals surface area contributed by atoms with E-state index in [-0.39, 0.29) is 18.9 Å². The van der Waals surface area contributed by atoms with Crippen LogP contribution in [0.2, 0.25) is 0 Å². The quantitative estimate of drug-likeness (QED) is 0.747. The number of ether oxygens (including phenoxy) is 2. The fraction of sp³-hybridized carbons (Fsp3) is 0.316. The van der Waals surface area contributed by atoms with Crippen LogP contribution in [0, 0.1) is 6.92 Å². The van der Waals surface area contributed by atoms with Gasteiger partial charge < -0.3 is 14.8 Å². The predicted octanol–water partition coefficient (Wildman–Crippen LogP) is 2.81. The number of rotatable bonds is 8. The van der Waals surface area contributed by atoms with E-state index in [9.17, 15) is 13.2 Å². The van der Waals surface area contributed by atoms with Crippen LogP contribution >= 0.6 is 0 Å². The zero-order valence-electron chi connectivity index (χ0n) is 15.9. The van der Waals surface area contributed by atoms with Crippen LogP contribution in [0.15, 0.2) is 42.5 Å². The van der Waals surface area contributed by atoms with E-state index in [0.29, 0.717) is 22.9 Å². The molecule has 0 unspecified atom stereocenters. The van der Waals surface area contributed by atoms with E-state index >= 15 is 0 Å². The van der Waals surface area contributed by atoms with Gasteiger partial charge in [0, 0.05) is 13.0 Å². The molecule has 8 heteroatoms. The van der Waals surface area contributed by atoms with Crippen molar-refractivity contribution >= 4 is 27.3 Å². The van der Waals surface area contributed by atoms with E-state index in [1.54, 1.807) is 36.4 Å². The first-order chi connectivity index (χ1) is 12.8. The number of sulfonamides is 1. The first-order valence-electron chi connectivity index (χ1n) is 8.31. The smallest absolute Gasteiger partial charge is 0.232 e. The molecule has 0 radical (unpaired) electrons. The summed E-state index contributed by atoms with van der Waals surface area (Å²) in [4.78, 5) is 12.4. The van der Waals surface area contributed by atoms with Gasteiger partial charge >= 0.3 is 0 Å². The molecule has 0 saturated carbocycles. The van der Waals surface area contributed by atoms with Crippen molar-refractivity contribution < 1.29 is 22.7 Å². The molecule has 0 saturated heterocycles. The Bertz CT molecular complexity index is 912. The molecule has 0 heterocycles. The van der Waals surface area contributed by atoms with Gasteiger partial charge in [-0.05, 0) is 36.8 Å². The Hall–Kier alpha value is -2.74. The van der Waals surface area contributed by atoms with Gasteiger partial charge in [-0.25, -0.2) is 8.42 Å². The standard InChI is InChI=1S/C19H24N2O5S/c1-14-9-10-17(25-2)15(13-14)20-19(22)11-12-21(27(4,23)24)16-7-5-6-8-18(16)26-3/h5-10,13H,11-12H2,1-4H3,(H,20,22). The van der Waals surface area contributed by atoms with E-state index in [2.05, 4.69) is 5.32 Å². The average Bonchev–Trinajstić information content (AvgIpc) is 2.61. The van der Waals surface area contributed by atoms with Crippen molar-refractivity contribution in [1.82, 2.24) is 0 Å². The van der Waals surface area contributed by atoms with Crippen molar-refractivity contribution in [3.8, 4) is 11.5 Å². The zero-order chi connectivity index (χ0) is 20.0. The van der Waals surface area contributed by atoms with Crippen LogP contribution in [-0.2, 0) is 14.8 Å². The summed E-state index contributed by atoms with van der Waals surface area (Å²) in [5, 5.41) is 2.77. The Morgan fingerprint density at radius 3 is 2.37 bits per heavy atom. The molecule has 0 fully saturated rings. The van der Waals surface area contributed by atoms with Gasteiger partial charge in [-0.1, -0.05) is 18.2 Å². The Morgan fingerprint density at radius 2 is 1.74 bits per heavy atom. The molecule has 1 N–H and O–H groups in total. The van der Waals surface area contributed by atoms with E-state index in [1.165, 1.54) is 18.5 Å². The van der Waals surface area contributed by atoms with Gasteiger partial charge in [0.05, 0.1) is 31.9 Å². The number of aryl methyl sites for hydroxylation is 1. The lowest BCUT2D eigenvalue weighted by atomic mass is 10.2. The molecule has 1 amide bonds. The number of carbonyl (C=O) groups is 1. The second-order valence-electron chi connectivity index (χ2n) is 6.01. The highest BCUT2D eigenvalue weighted by Gasteiger charge is 2.22. The fourth-order valence-electron chi connectivity index (χ4n) is 2.64. The van der Waals surface area contributed by atoms with Crippen LogP contribution in [0.1, 0.15) is 12.0 Å². The van der Waals surface area contributed by atoms with Gasteiger partial charge in [0.2, 0.25) is 15.9 Å². The number of amides is 1. The minimum atomic E-state index is -3.59. The molecule has 0 spiro atoms. The van der Waals surface area contributed by atoms with Gasteiger partial charge in [0.15, 0.2) is 0 Å². The second kappa shape index (κ2) is 8.77. The van der Waals surface area contributed by atoms with E-state index in [0.717, 1.165) is 11.8 Å². The molecular formula is C19H24N2O5S. The second-order valence-corrected chi connectivity index (χ2v) is 7.92. The Morgan fingerprint density at radius 1 is 1.07 bits per heavy atom. The van der Waals surface area contributed by atoms with Crippen LogP contribution in [-0.4, -0.2) is 41.3 Å². The summed E-state index contributed by atoms with van der Waals surface area (Å²) in [6.07, 6.45) is 1.07. The van der Waals surface area contributed by atoms with E-state index in [1.807, 2.05) is 13.0 Å². The first-order valence-corrected chi connectivity index (χ1v) is 10.2. The highest BCUT2D eigenvalue weighted by Crippen LogP contribution is 2.30. The van der Waals surface area contributed by atoms with Gasteiger partial charge in [0.1, 0.15) is 11.5 Å². The van der Waals surface area contributed by atoms with Gasteiger partial charge in [-0.15, -0.1) is 0 Å². The number of nitrogens with zero attached hydrogens (tertiary/aromatic N) is 1. The summed E-state index contributed by atoms with van der Waals surface area (Å²) < 4.78 is 36.1. The fourth-order valence-corrected chi connectivity index (χ4v) is 3.57. The third-order valence-corrected chi connectivity index (χ3v) is 5.11. The molecule has 2 rings (SSSR count). The van der Waals surface area contributed by atoms with Gasteiger partial charge in [-0.3, -0.25) is 9.10 Å². The summed E-state index contributed by atoms with van der Waals surface area (Å²) in [6.45, 7) is 1.89. The number of anilines is 2. The van der Waals surface area contributed by atoms with Crippen molar-refractivity contribution in [2.24, 2.45) is 0 Å². The monoisotopic (exact) mass is 392 g/mol. The zero-order valence-corrected chi connectivity index (χ0v) is 16.7. The molecule has 0 atom stereocenters. The number of benzene rings is 2. The van der Waals surface area contributed by atoms with Crippen LogP contribution in [0.4, 0.5) is 11.4 Å². The molecule has 7 nitrogen and oxygen atoms in total. The lowest BCUT2D eigenvalue weighted by Gasteiger charge is -2.24. The maximum Gasteiger partial charge on any atom is 0.232 e. The molecule has 0 bridgehead atoms. The molecule has 27 heavy (non-hydrogen) atoms. The van der Waals surface area contributed by atoms with Crippen LogP contribution in [0.3, 0.4) is 0 Å². The number of para-hydroxylation sites is 2. The third kappa shape index (κ3) is 5.37. The van der Waals surface area contributed by atoms with Gasteiger partial charge in [-0.2, -0.15) is 0 Å². The number of methoxy groups -OCH3 is 2. The highest BCUT2D eigenvalue weighted by molar-refractivity contribution is 7.92. The molecule has 2 aromatic carbocycles. The molecule has 0 aromatic heterocycles. The topological polar surface area (TPSA) is 84.9 Å². The summed E-state index contributed by atoms with van der Waals surface area (Å²) in [5.41, 5.74) is 1.91. The number of nitrogens with one attached hydrogen (secondary N) is 1. The van der Waals surface area contributed by atoms with E-state index in [4.69, 9.17) is 9.47 Å². The van der Waals surface area contributed by atoms with Crippen molar-refractivity contribution in [3.05, 3.63) is 48.0 Å². The molecule has 0 aliphatic rings. The van der Waals surface area contributed by atoms with Crippen LogP contribution in [0.25, 0.3) is 0 Å². The van der Waals surface area contributed by atoms with Crippen molar-refractivity contribution in [1.29, 1.82) is 0 Å². The van der Waals surface area contributed by atoms with Crippen molar-refractivity contribution in [3.63, 3.8) is 0 Å². The molecule has 146 valence electrons. The summed E-state index contributed by atoms with van der Waals surface area (Å²) >= 11 is 0. The molecular weight excluding hydrogens is 368 g/mol. The first kappa shape index (κ1) is 20.6. The molecule has 0 aliphatic carbocycles. The summed E-state index contributed by atoms with van der Waals surface area (Å²) in [6, 6.07) is 12.2. The molecule has 2 aromatic rings.